The number of fused-ring (bicyclic) bond motifs is 7. The Morgan fingerprint density at radius 3 is 1.41 bits per heavy atom. The van der Waals surface area contributed by atoms with Gasteiger partial charge in [0, 0.05) is 17.4 Å². The smallest absolute Gasteiger partial charge is 0.0615 e. The quantitative estimate of drug-likeness (QED) is 0.149. The van der Waals surface area contributed by atoms with Gasteiger partial charge in [-0.1, -0.05) is 117 Å². The number of anilines is 6. The second-order valence-corrected chi connectivity index (χ2v) is 29.5. The molecule has 11 aromatic rings. The summed E-state index contributed by atoms with van der Waals surface area (Å²) >= 11 is 2.51. The topological polar surface area (TPSA) is 38.5 Å². The van der Waals surface area contributed by atoms with Gasteiger partial charge in [-0.15, -0.1) is 0 Å². The number of para-hydroxylation sites is 3. The molecule has 0 amide bonds. The first-order valence-electron chi connectivity index (χ1n) is 30.4. The predicted molar refractivity (Wildman–Crippen MR) is 361 cm³/mol. The number of hydrogen-bond acceptors (Lipinski definition) is 4. The molecule has 0 atom stereocenters. The van der Waals surface area contributed by atoms with Crippen LogP contribution in [0.5, 0.6) is 11.5 Å². The second kappa shape index (κ2) is 22.1. The van der Waals surface area contributed by atoms with Gasteiger partial charge in [0.15, 0.2) is 0 Å². The van der Waals surface area contributed by atoms with Crippen molar-refractivity contribution in [3.8, 4) is 56.3 Å². The van der Waals surface area contributed by atoms with Crippen LogP contribution in [0.3, 0.4) is 0 Å². The molecule has 3 heterocycles. The van der Waals surface area contributed by atoms with Gasteiger partial charge in [-0.05, 0) is 63.3 Å². The van der Waals surface area contributed by atoms with Crippen molar-refractivity contribution in [2.24, 2.45) is 0 Å². The Labute approximate surface area is 527 Å². The van der Waals surface area contributed by atoms with E-state index in [4.69, 9.17) is 9.72 Å². The van der Waals surface area contributed by atoms with E-state index in [1.807, 2.05) is 12.3 Å². The predicted octanol–water partition coefficient (Wildman–Crippen LogP) is 22.0. The van der Waals surface area contributed by atoms with E-state index < -0.39 is 0 Å². The summed E-state index contributed by atoms with van der Waals surface area (Å²) in [4.78, 5) is 10.0. The third-order valence-corrected chi connectivity index (χ3v) is 17.9. The number of aromatic nitrogens is 3. The minimum Gasteiger partial charge on any atom is -0.0615 e. The Kier molecular flexibility index (Phi) is 15.0. The van der Waals surface area contributed by atoms with Gasteiger partial charge >= 0.3 is 322 Å². The van der Waals surface area contributed by atoms with Crippen LogP contribution in [0, 0.1) is 15.9 Å². The summed E-state index contributed by atoms with van der Waals surface area (Å²) in [7, 11) is 0. The van der Waals surface area contributed by atoms with E-state index in [9.17, 15) is 0 Å². The van der Waals surface area contributed by atoms with Crippen LogP contribution in [0.2, 0.25) is 0 Å². The van der Waals surface area contributed by atoms with Gasteiger partial charge in [0.2, 0.25) is 0 Å². The Bertz CT molecular complexity index is 4430. The fourth-order valence-corrected chi connectivity index (χ4v) is 12.9. The maximum absolute atomic E-state index is 7.15. The molecule has 6 nitrogen and oxygen atoms in total. The second-order valence-electron chi connectivity index (χ2n) is 28.5. The zero-order chi connectivity index (χ0) is 61.5. The number of ether oxygens (including phenoxy) is 1. The summed E-state index contributed by atoms with van der Waals surface area (Å²) in [6, 6.07) is 80.8. The summed E-state index contributed by atoms with van der Waals surface area (Å²) in [5.41, 5.74) is 21.4. The van der Waals surface area contributed by atoms with Gasteiger partial charge in [-0.3, -0.25) is 0 Å². The fourth-order valence-electron chi connectivity index (χ4n) is 11.8. The molecule has 9 aromatic carbocycles. The summed E-state index contributed by atoms with van der Waals surface area (Å²) in [5.74, 6) is 1.88. The van der Waals surface area contributed by atoms with Crippen molar-refractivity contribution >= 4 is 45.3 Å². The summed E-state index contributed by atoms with van der Waals surface area (Å²) in [6.45, 7) is 34.5. The minimum absolute atomic E-state index is 0.0720. The molecular weight excluding hydrogens is 1240 g/mol. The average molecular weight is 1320 g/mol. The molecule has 7 heteroatoms. The first kappa shape index (κ1) is 59.0. The summed E-state index contributed by atoms with van der Waals surface area (Å²) < 4.78 is 12.9. The van der Waals surface area contributed by atoms with Crippen molar-refractivity contribution in [1.29, 1.82) is 0 Å². The molecule has 2 aromatic heterocycles. The van der Waals surface area contributed by atoms with Crippen LogP contribution >= 0.6 is 0 Å². The zero-order valence-electron chi connectivity index (χ0n) is 53.1. The first-order valence-corrected chi connectivity index (χ1v) is 31.6. The van der Waals surface area contributed by atoms with Crippen molar-refractivity contribution in [2.45, 2.75) is 131 Å². The summed E-state index contributed by atoms with van der Waals surface area (Å²) in [5, 5.41) is 0. The van der Waals surface area contributed by atoms with Gasteiger partial charge in [0.1, 0.15) is 0 Å². The molecule has 0 aliphatic carbocycles. The van der Waals surface area contributed by atoms with Crippen LogP contribution in [0.15, 0.2) is 206 Å². The van der Waals surface area contributed by atoms with E-state index >= 15 is 0 Å². The molecule has 0 fully saturated rings. The Morgan fingerprint density at radius 2 is 0.862 bits per heavy atom. The van der Waals surface area contributed by atoms with Gasteiger partial charge in [0.05, 0.1) is 5.69 Å². The van der Waals surface area contributed by atoms with E-state index in [0.29, 0.717) is 11.5 Å². The van der Waals surface area contributed by atoms with Crippen LogP contribution in [0.4, 0.5) is 34.3 Å². The molecule has 442 valence electrons. The van der Waals surface area contributed by atoms with E-state index in [1.54, 1.807) is 0 Å². The van der Waals surface area contributed by atoms with Crippen molar-refractivity contribution in [1.82, 2.24) is 14.1 Å². The minimum atomic E-state index is -0.155. The Morgan fingerprint density at radius 1 is 0.368 bits per heavy atom. The van der Waals surface area contributed by atoms with Crippen molar-refractivity contribution in [3.05, 3.63) is 250 Å². The molecule has 1 aliphatic rings. The first-order chi connectivity index (χ1) is 41.2. The van der Waals surface area contributed by atoms with E-state index in [-0.39, 0.29) is 27.1 Å². The van der Waals surface area contributed by atoms with Crippen LogP contribution in [-0.4, -0.2) is 14.1 Å². The zero-order valence-corrected chi connectivity index (χ0v) is 55.4. The van der Waals surface area contributed by atoms with Gasteiger partial charge in [-0.2, -0.15) is 0 Å². The van der Waals surface area contributed by atoms with E-state index in [1.165, 1.54) is 33.4 Å². The number of pyridine rings is 1. The SMILES string of the molecule is CC(C)(C)c1cc(N2c3ccccc3-c3ccc(Oc4[c-]c(-n5[c](=[Pt])n(-c6cc(C(C)(C)C)cc(C(C)(C)C)c6)c6cc(-c7ccccc7)ccc65)ccc4)[c-]c3N(c3cc(C(C)(C)C)ccn3)c3ccccc3-c3ccccc32)cc(C(C)(C)C)c1. The fraction of sp³-hybridized carbons (Fsp3) is 0.250. The third kappa shape index (κ3) is 11.5. The number of hydrogen-bond donors (Lipinski definition) is 0. The molecule has 0 saturated carbocycles. The van der Waals surface area contributed by atoms with E-state index in [0.717, 1.165) is 88.3 Å². The van der Waals surface area contributed by atoms with Crippen LogP contribution in [-0.2, 0) is 46.4 Å². The van der Waals surface area contributed by atoms with E-state index in [2.05, 4.69) is 348 Å². The number of rotatable bonds is 7. The molecule has 87 heavy (non-hydrogen) atoms. The van der Waals surface area contributed by atoms with Gasteiger partial charge in [-0.25, -0.2) is 0 Å². The van der Waals surface area contributed by atoms with Gasteiger partial charge < -0.3 is 4.90 Å². The van der Waals surface area contributed by atoms with Crippen molar-refractivity contribution in [3.63, 3.8) is 0 Å². The van der Waals surface area contributed by atoms with Crippen LogP contribution in [0.25, 0.3) is 55.8 Å². The molecular formula is C80H79N5OPt-2. The maximum atomic E-state index is 7.15. The van der Waals surface area contributed by atoms with Crippen LogP contribution in [0.1, 0.15) is 132 Å². The molecule has 0 saturated heterocycles. The Balaban J connectivity index is 1.07. The normalized spacial score (nSPS) is 13.0. The number of benzene rings is 9. The van der Waals surface area contributed by atoms with Gasteiger partial charge in [0.25, 0.3) is 0 Å². The standard InChI is InChI=1S/C80H79N5O.Pt/c1-76(2,3)55-40-41-81-75(49-55)85-71-35-24-21-31-66(71)65-30-19-22-33-69(65)84(62-47-58(79(10,11)12)44-59(48-62)80(13,14)15)70-34-23-20-32-67(70)68-38-37-64(51-73(68)85)86-63-29-25-28-60(50-63)82-52-83(61-45-56(77(4,5)6)43-57(46-61)78(7,8)9)74-42-54(36-39-72(74)82)53-26-17-16-18-27-53;/h16-49H,1-15H3;/q-2;. The molecule has 0 spiro atoms. The molecule has 0 radical (unpaired) electrons. The molecule has 0 bridgehead atoms. The molecule has 12 rings (SSSR count). The Hall–Kier alpha value is -8.31. The molecule has 0 N–H and O–H groups in total. The summed E-state index contributed by atoms with van der Waals surface area (Å²) in [6.07, 6.45) is 1.94. The van der Waals surface area contributed by atoms with Crippen molar-refractivity contribution < 1.29 is 24.1 Å². The number of nitrogens with zero attached hydrogens (tertiary/aromatic N) is 5. The molecule has 1 aliphatic heterocycles. The number of imidazole rings is 1. The average Bonchev–Trinajstić information content (AvgIpc) is 1.76. The van der Waals surface area contributed by atoms with Crippen LogP contribution < -0.4 is 14.5 Å². The third-order valence-electron chi connectivity index (χ3n) is 16.9. The van der Waals surface area contributed by atoms with Crippen molar-refractivity contribution in [2.75, 3.05) is 9.80 Å². The monoisotopic (exact) mass is 1320 g/mol. The molecule has 0 unspecified atom stereocenters.